The van der Waals surface area contributed by atoms with Gasteiger partial charge in [-0.2, -0.15) is 0 Å². The molecular formula is C18H26O. The molecule has 19 heavy (non-hydrogen) atoms. The molecule has 0 amide bonds. The molecule has 1 aromatic carbocycles. The molecule has 0 radical (unpaired) electrons. The predicted molar refractivity (Wildman–Crippen MR) is 81.0 cm³/mol. The molecule has 1 heteroatoms. The highest BCUT2D eigenvalue weighted by Crippen LogP contribution is 2.52. The summed E-state index contributed by atoms with van der Waals surface area (Å²) >= 11 is 0. The summed E-state index contributed by atoms with van der Waals surface area (Å²) in [6, 6.07) is 4.44. The molecule has 0 bridgehead atoms. The summed E-state index contributed by atoms with van der Waals surface area (Å²) in [7, 11) is 0. The molecule has 1 nitrogen and oxygen atoms in total. The number of rotatable bonds is 3. The molecule has 0 fully saturated rings. The van der Waals surface area contributed by atoms with Gasteiger partial charge in [0.25, 0.3) is 0 Å². The van der Waals surface area contributed by atoms with Gasteiger partial charge in [-0.05, 0) is 60.3 Å². The van der Waals surface area contributed by atoms with Crippen molar-refractivity contribution in [1.82, 2.24) is 0 Å². The summed E-state index contributed by atoms with van der Waals surface area (Å²) in [5.74, 6) is 1.44. The smallest absolute Gasteiger partial charge is 0.160 e. The van der Waals surface area contributed by atoms with Gasteiger partial charge < -0.3 is 0 Å². The van der Waals surface area contributed by atoms with Gasteiger partial charge in [-0.15, -0.1) is 0 Å². The number of ketones is 1. The van der Waals surface area contributed by atoms with E-state index in [1.54, 1.807) is 6.92 Å². The first-order valence-corrected chi connectivity index (χ1v) is 7.46. The van der Waals surface area contributed by atoms with Crippen molar-refractivity contribution in [2.45, 2.75) is 65.7 Å². The average Bonchev–Trinajstić information content (AvgIpc) is 2.50. The SMILES string of the molecule is CCCC1c2cc(C(C)=O)c(C)cc2C(C)(C)C1C. The normalized spacial score (nSPS) is 24.3. The first-order valence-electron chi connectivity index (χ1n) is 7.46. The monoisotopic (exact) mass is 258 g/mol. The van der Waals surface area contributed by atoms with Gasteiger partial charge in [-0.1, -0.05) is 40.2 Å². The zero-order chi connectivity index (χ0) is 14.4. The van der Waals surface area contributed by atoms with Gasteiger partial charge in [0.15, 0.2) is 5.78 Å². The van der Waals surface area contributed by atoms with Crippen molar-refractivity contribution < 1.29 is 4.79 Å². The molecule has 0 N–H and O–H groups in total. The van der Waals surface area contributed by atoms with Crippen LogP contribution in [0, 0.1) is 12.8 Å². The van der Waals surface area contributed by atoms with Crippen LogP contribution in [0.25, 0.3) is 0 Å². The zero-order valence-electron chi connectivity index (χ0n) is 13.1. The molecule has 0 heterocycles. The molecule has 0 saturated carbocycles. The van der Waals surface area contributed by atoms with E-state index in [1.165, 1.54) is 24.0 Å². The van der Waals surface area contributed by atoms with E-state index in [2.05, 4.69) is 46.8 Å². The van der Waals surface area contributed by atoms with Crippen LogP contribution in [0.5, 0.6) is 0 Å². The lowest BCUT2D eigenvalue weighted by atomic mass is 9.76. The van der Waals surface area contributed by atoms with Gasteiger partial charge in [0.2, 0.25) is 0 Å². The number of carbonyl (C=O) groups excluding carboxylic acids is 1. The topological polar surface area (TPSA) is 17.1 Å². The minimum Gasteiger partial charge on any atom is -0.295 e. The van der Waals surface area contributed by atoms with Gasteiger partial charge in [-0.3, -0.25) is 4.79 Å². The quantitative estimate of drug-likeness (QED) is 0.697. The predicted octanol–water partition coefficient (Wildman–Crippen LogP) is 5.01. The molecule has 2 atom stereocenters. The molecule has 0 aromatic heterocycles. The molecule has 1 aliphatic rings. The van der Waals surface area contributed by atoms with Crippen molar-refractivity contribution in [2.24, 2.45) is 5.92 Å². The second kappa shape index (κ2) is 4.77. The number of Topliss-reactive ketones (excluding diaryl/α,β-unsaturated/α-hetero) is 1. The standard InChI is InChI=1S/C18H26O/c1-7-8-14-12(3)18(5,6)17-9-11(2)15(13(4)19)10-16(14)17/h9-10,12,14H,7-8H2,1-6H3. The van der Waals surface area contributed by atoms with Crippen LogP contribution >= 0.6 is 0 Å². The highest BCUT2D eigenvalue weighted by molar-refractivity contribution is 5.96. The van der Waals surface area contributed by atoms with Crippen molar-refractivity contribution in [3.05, 3.63) is 34.4 Å². The van der Waals surface area contributed by atoms with Crippen LogP contribution < -0.4 is 0 Å². The summed E-state index contributed by atoms with van der Waals surface area (Å²) in [4.78, 5) is 11.8. The number of aryl methyl sites for hydroxylation is 1. The van der Waals surface area contributed by atoms with Crippen LogP contribution in [0.4, 0.5) is 0 Å². The maximum atomic E-state index is 11.8. The van der Waals surface area contributed by atoms with Crippen LogP contribution in [0.15, 0.2) is 12.1 Å². The highest BCUT2D eigenvalue weighted by Gasteiger charge is 2.43. The Kier molecular flexibility index (Phi) is 3.59. The first kappa shape index (κ1) is 14.3. The fourth-order valence-corrected chi connectivity index (χ4v) is 3.70. The number of carbonyl (C=O) groups is 1. The van der Waals surface area contributed by atoms with Crippen molar-refractivity contribution in [2.75, 3.05) is 0 Å². The van der Waals surface area contributed by atoms with E-state index < -0.39 is 0 Å². The highest BCUT2D eigenvalue weighted by atomic mass is 16.1. The zero-order valence-corrected chi connectivity index (χ0v) is 13.1. The van der Waals surface area contributed by atoms with Crippen molar-refractivity contribution in [3.8, 4) is 0 Å². The summed E-state index contributed by atoms with van der Waals surface area (Å²) in [5.41, 5.74) is 5.14. The van der Waals surface area contributed by atoms with E-state index in [1.807, 2.05) is 0 Å². The third kappa shape index (κ3) is 2.13. The maximum Gasteiger partial charge on any atom is 0.160 e. The van der Waals surface area contributed by atoms with Crippen molar-refractivity contribution in [1.29, 1.82) is 0 Å². The Bertz CT molecular complexity index is 511. The fourth-order valence-electron chi connectivity index (χ4n) is 3.70. The van der Waals surface area contributed by atoms with Gasteiger partial charge >= 0.3 is 0 Å². The third-order valence-corrected chi connectivity index (χ3v) is 5.21. The molecule has 1 aromatic rings. The molecule has 2 unspecified atom stereocenters. The Labute approximate surface area is 117 Å². The Balaban J connectivity index is 2.62. The van der Waals surface area contributed by atoms with Crippen LogP contribution in [0.1, 0.15) is 80.4 Å². The molecule has 1 aliphatic carbocycles. The number of benzene rings is 1. The largest absolute Gasteiger partial charge is 0.295 e. The van der Waals surface area contributed by atoms with Crippen molar-refractivity contribution >= 4 is 5.78 Å². The second-order valence-electron chi connectivity index (χ2n) is 6.72. The Hall–Kier alpha value is -1.11. The first-order chi connectivity index (χ1) is 8.80. The van der Waals surface area contributed by atoms with Crippen LogP contribution in [0.3, 0.4) is 0 Å². The average molecular weight is 258 g/mol. The molecular weight excluding hydrogens is 232 g/mol. The molecule has 104 valence electrons. The Morgan fingerprint density at radius 3 is 2.47 bits per heavy atom. The summed E-state index contributed by atoms with van der Waals surface area (Å²) in [5, 5.41) is 0. The minimum atomic E-state index is 0.188. The fraction of sp³-hybridized carbons (Fsp3) is 0.611. The Morgan fingerprint density at radius 2 is 1.95 bits per heavy atom. The lowest BCUT2D eigenvalue weighted by Crippen LogP contribution is -2.23. The summed E-state index contributed by atoms with van der Waals surface area (Å²) in [6.45, 7) is 13.0. The molecule has 2 rings (SSSR count). The van der Waals surface area contributed by atoms with E-state index in [-0.39, 0.29) is 11.2 Å². The maximum absolute atomic E-state index is 11.8. The van der Waals surface area contributed by atoms with Gasteiger partial charge in [-0.25, -0.2) is 0 Å². The van der Waals surface area contributed by atoms with E-state index in [0.29, 0.717) is 11.8 Å². The molecule has 0 aliphatic heterocycles. The summed E-state index contributed by atoms with van der Waals surface area (Å²) < 4.78 is 0. The van der Waals surface area contributed by atoms with E-state index in [0.717, 1.165) is 11.1 Å². The Morgan fingerprint density at radius 1 is 1.32 bits per heavy atom. The van der Waals surface area contributed by atoms with Crippen LogP contribution in [-0.2, 0) is 5.41 Å². The lowest BCUT2D eigenvalue weighted by molar-refractivity contribution is 0.101. The van der Waals surface area contributed by atoms with E-state index in [4.69, 9.17) is 0 Å². The second-order valence-corrected chi connectivity index (χ2v) is 6.72. The number of hydrogen-bond acceptors (Lipinski definition) is 1. The van der Waals surface area contributed by atoms with Crippen molar-refractivity contribution in [3.63, 3.8) is 0 Å². The molecule has 0 saturated heterocycles. The number of fused-ring (bicyclic) bond motifs is 1. The third-order valence-electron chi connectivity index (χ3n) is 5.21. The van der Waals surface area contributed by atoms with Gasteiger partial charge in [0.05, 0.1) is 0 Å². The minimum absolute atomic E-state index is 0.188. The summed E-state index contributed by atoms with van der Waals surface area (Å²) in [6.07, 6.45) is 2.42. The van der Waals surface area contributed by atoms with Gasteiger partial charge in [0.1, 0.15) is 0 Å². The van der Waals surface area contributed by atoms with E-state index in [9.17, 15) is 4.79 Å². The van der Waals surface area contributed by atoms with Crippen LogP contribution in [-0.4, -0.2) is 5.78 Å². The molecule has 0 spiro atoms. The van der Waals surface area contributed by atoms with Gasteiger partial charge in [0, 0.05) is 5.56 Å². The van der Waals surface area contributed by atoms with E-state index >= 15 is 0 Å². The number of hydrogen-bond donors (Lipinski definition) is 0. The lowest BCUT2D eigenvalue weighted by Gasteiger charge is -2.28. The van der Waals surface area contributed by atoms with Crippen LogP contribution in [0.2, 0.25) is 0 Å².